The average molecular weight is 257 g/mol. The third-order valence-corrected chi connectivity index (χ3v) is 4.95. The van der Waals surface area contributed by atoms with Crippen molar-refractivity contribution in [1.82, 2.24) is 5.32 Å². The van der Waals surface area contributed by atoms with Crippen molar-refractivity contribution in [2.24, 2.45) is 11.8 Å². The van der Waals surface area contributed by atoms with Gasteiger partial charge in [0.25, 0.3) is 5.92 Å². The summed E-state index contributed by atoms with van der Waals surface area (Å²) in [5.41, 5.74) is -0.0122. The van der Waals surface area contributed by atoms with Crippen LogP contribution in [0.4, 0.5) is 8.78 Å². The predicted octanol–water partition coefficient (Wildman–Crippen LogP) is 3.26. The smallest absolute Gasteiger partial charge is 0.252 e. The van der Waals surface area contributed by atoms with Crippen molar-refractivity contribution in [2.75, 3.05) is 0 Å². The fourth-order valence-electron chi connectivity index (χ4n) is 3.47. The molecule has 1 atom stereocenters. The molecule has 1 amide bonds. The normalized spacial score (nSPS) is 32.9. The summed E-state index contributed by atoms with van der Waals surface area (Å²) in [5, 5.41) is 3.07. The van der Waals surface area contributed by atoms with Gasteiger partial charge in [-0.1, -0.05) is 19.3 Å². The van der Waals surface area contributed by atoms with Gasteiger partial charge in [-0.25, -0.2) is 8.78 Å². The molecule has 3 saturated carbocycles. The lowest BCUT2D eigenvalue weighted by Crippen LogP contribution is -2.43. The molecule has 0 aliphatic heterocycles. The van der Waals surface area contributed by atoms with Gasteiger partial charge in [-0.3, -0.25) is 4.79 Å². The van der Waals surface area contributed by atoms with Crippen molar-refractivity contribution >= 4 is 5.91 Å². The van der Waals surface area contributed by atoms with Crippen molar-refractivity contribution in [3.63, 3.8) is 0 Å². The van der Waals surface area contributed by atoms with E-state index in [4.69, 9.17) is 0 Å². The lowest BCUT2D eigenvalue weighted by Gasteiger charge is -2.31. The number of carbonyl (C=O) groups is 1. The molecule has 102 valence electrons. The lowest BCUT2D eigenvalue weighted by atomic mass is 9.82. The molecular formula is C14H21F2NO. The summed E-state index contributed by atoms with van der Waals surface area (Å²) in [6.07, 6.45) is 8.20. The van der Waals surface area contributed by atoms with Crippen molar-refractivity contribution in [3.05, 3.63) is 0 Å². The molecule has 0 aromatic rings. The zero-order valence-corrected chi connectivity index (χ0v) is 10.7. The monoisotopic (exact) mass is 257 g/mol. The van der Waals surface area contributed by atoms with E-state index in [0.29, 0.717) is 5.92 Å². The van der Waals surface area contributed by atoms with E-state index >= 15 is 0 Å². The van der Waals surface area contributed by atoms with Crippen LogP contribution in [0.1, 0.15) is 57.8 Å². The van der Waals surface area contributed by atoms with Crippen LogP contribution in [0, 0.1) is 11.8 Å². The standard InChI is InChI=1S/C14H21F2NO/c15-14(16)9-11(14)8-12(18)17-13(6-7-13)10-4-2-1-3-5-10/h10-11H,1-9H2,(H,17,18). The Bertz CT molecular complexity index is 346. The molecule has 4 heteroatoms. The van der Waals surface area contributed by atoms with Crippen LogP contribution in [-0.4, -0.2) is 17.4 Å². The third kappa shape index (κ3) is 2.39. The number of hydrogen-bond donors (Lipinski definition) is 1. The molecule has 0 radical (unpaired) electrons. The first-order valence-corrected chi connectivity index (χ1v) is 7.21. The Morgan fingerprint density at radius 1 is 1.17 bits per heavy atom. The Morgan fingerprint density at radius 3 is 2.28 bits per heavy atom. The van der Waals surface area contributed by atoms with Gasteiger partial charge >= 0.3 is 0 Å². The number of nitrogens with one attached hydrogen (secondary N) is 1. The van der Waals surface area contributed by atoms with E-state index in [2.05, 4.69) is 5.32 Å². The van der Waals surface area contributed by atoms with Crippen LogP contribution in [0.5, 0.6) is 0 Å². The second-order valence-electron chi connectivity index (χ2n) is 6.41. The van der Waals surface area contributed by atoms with E-state index in [0.717, 1.165) is 12.8 Å². The van der Waals surface area contributed by atoms with Crippen molar-refractivity contribution in [3.8, 4) is 0 Å². The molecular weight excluding hydrogens is 236 g/mol. The van der Waals surface area contributed by atoms with Crippen LogP contribution in [0.2, 0.25) is 0 Å². The lowest BCUT2D eigenvalue weighted by molar-refractivity contribution is -0.123. The molecule has 3 rings (SSSR count). The fourth-order valence-corrected chi connectivity index (χ4v) is 3.47. The van der Waals surface area contributed by atoms with Crippen LogP contribution in [0.25, 0.3) is 0 Å². The van der Waals surface area contributed by atoms with E-state index in [-0.39, 0.29) is 24.3 Å². The van der Waals surface area contributed by atoms with Crippen LogP contribution >= 0.6 is 0 Å². The molecule has 0 saturated heterocycles. The van der Waals surface area contributed by atoms with E-state index in [1.807, 2.05) is 0 Å². The molecule has 0 heterocycles. The molecule has 1 N–H and O–H groups in total. The van der Waals surface area contributed by atoms with Gasteiger partial charge in [-0.2, -0.15) is 0 Å². The van der Waals surface area contributed by atoms with E-state index < -0.39 is 11.8 Å². The molecule has 0 aromatic heterocycles. The Labute approximate surface area is 107 Å². The quantitative estimate of drug-likeness (QED) is 0.823. The Balaban J connectivity index is 1.51. The van der Waals surface area contributed by atoms with E-state index in [9.17, 15) is 13.6 Å². The molecule has 0 spiro atoms. The second kappa shape index (κ2) is 4.17. The van der Waals surface area contributed by atoms with Crippen molar-refractivity contribution in [2.45, 2.75) is 69.2 Å². The van der Waals surface area contributed by atoms with Gasteiger partial charge in [0.05, 0.1) is 0 Å². The van der Waals surface area contributed by atoms with Crippen molar-refractivity contribution < 1.29 is 13.6 Å². The molecule has 18 heavy (non-hydrogen) atoms. The summed E-state index contributed by atoms with van der Waals surface area (Å²) in [5.74, 6) is -2.83. The van der Waals surface area contributed by atoms with Gasteiger partial charge in [-0.05, 0) is 31.6 Å². The summed E-state index contributed by atoms with van der Waals surface area (Å²) >= 11 is 0. The number of rotatable bonds is 4. The van der Waals surface area contributed by atoms with Crippen LogP contribution < -0.4 is 5.32 Å². The summed E-state index contributed by atoms with van der Waals surface area (Å²) in [7, 11) is 0. The molecule has 3 fully saturated rings. The topological polar surface area (TPSA) is 29.1 Å². The third-order valence-electron chi connectivity index (χ3n) is 4.95. The molecule has 3 aliphatic rings. The first-order valence-electron chi connectivity index (χ1n) is 7.21. The van der Waals surface area contributed by atoms with Gasteiger partial charge in [0, 0.05) is 24.3 Å². The molecule has 2 nitrogen and oxygen atoms in total. The number of halogens is 2. The van der Waals surface area contributed by atoms with Gasteiger partial charge < -0.3 is 5.32 Å². The minimum Gasteiger partial charge on any atom is -0.350 e. The van der Waals surface area contributed by atoms with Crippen LogP contribution in [0.15, 0.2) is 0 Å². The Kier molecular flexibility index (Phi) is 2.87. The number of amides is 1. The van der Waals surface area contributed by atoms with Gasteiger partial charge in [0.15, 0.2) is 0 Å². The maximum Gasteiger partial charge on any atom is 0.252 e. The first-order chi connectivity index (χ1) is 8.52. The van der Waals surface area contributed by atoms with E-state index in [1.54, 1.807) is 0 Å². The number of alkyl halides is 2. The molecule has 1 unspecified atom stereocenters. The predicted molar refractivity (Wildman–Crippen MR) is 64.4 cm³/mol. The SMILES string of the molecule is O=C(CC1CC1(F)F)NC1(C2CCCCC2)CC1. The Morgan fingerprint density at radius 2 is 1.78 bits per heavy atom. The highest BCUT2D eigenvalue weighted by Crippen LogP contribution is 2.52. The van der Waals surface area contributed by atoms with Crippen molar-refractivity contribution in [1.29, 1.82) is 0 Å². The highest BCUT2D eigenvalue weighted by atomic mass is 19.3. The van der Waals surface area contributed by atoms with Gasteiger partial charge in [0.2, 0.25) is 5.91 Å². The zero-order valence-electron chi connectivity index (χ0n) is 10.7. The maximum atomic E-state index is 12.8. The highest BCUT2D eigenvalue weighted by Gasteiger charge is 2.58. The highest BCUT2D eigenvalue weighted by molar-refractivity contribution is 5.78. The molecule has 0 aromatic carbocycles. The Hall–Kier alpha value is -0.670. The number of carbonyl (C=O) groups excluding carboxylic acids is 1. The minimum absolute atomic E-state index is 0.0122. The van der Waals surface area contributed by atoms with Gasteiger partial charge in [-0.15, -0.1) is 0 Å². The van der Waals surface area contributed by atoms with Crippen LogP contribution in [-0.2, 0) is 4.79 Å². The summed E-state index contributed by atoms with van der Waals surface area (Å²) in [4.78, 5) is 11.8. The summed E-state index contributed by atoms with van der Waals surface area (Å²) in [6.45, 7) is 0. The van der Waals surface area contributed by atoms with E-state index in [1.165, 1.54) is 32.1 Å². The fraction of sp³-hybridized carbons (Fsp3) is 0.929. The second-order valence-corrected chi connectivity index (χ2v) is 6.41. The largest absolute Gasteiger partial charge is 0.350 e. The van der Waals surface area contributed by atoms with Crippen LogP contribution in [0.3, 0.4) is 0 Å². The zero-order chi connectivity index (χ0) is 12.8. The van der Waals surface area contributed by atoms with Gasteiger partial charge in [0.1, 0.15) is 0 Å². The maximum absolute atomic E-state index is 12.8. The summed E-state index contributed by atoms with van der Waals surface area (Å²) < 4.78 is 25.6. The number of hydrogen-bond acceptors (Lipinski definition) is 1. The molecule has 3 aliphatic carbocycles. The molecule has 0 bridgehead atoms. The average Bonchev–Trinajstić information content (AvgIpc) is 3.21. The first kappa shape index (κ1) is 12.4. The minimum atomic E-state index is -2.57. The summed E-state index contributed by atoms with van der Waals surface area (Å²) in [6, 6.07) is 0.